The molecule has 0 aliphatic carbocycles. The third-order valence-corrected chi connectivity index (χ3v) is 6.34. The third kappa shape index (κ3) is 5.57. The Labute approximate surface area is 203 Å². The predicted molar refractivity (Wildman–Crippen MR) is 130 cm³/mol. The van der Waals surface area contributed by atoms with E-state index in [1.54, 1.807) is 12.1 Å². The summed E-state index contributed by atoms with van der Waals surface area (Å²) in [6, 6.07) is 25.9. The molecule has 1 fully saturated rings. The van der Waals surface area contributed by atoms with Crippen molar-refractivity contribution in [2.75, 3.05) is 13.1 Å². The molecule has 1 aliphatic rings. The van der Waals surface area contributed by atoms with Gasteiger partial charge in [-0.15, -0.1) is 10.2 Å². The summed E-state index contributed by atoms with van der Waals surface area (Å²) in [7, 11) is 0. The Bertz CT molecular complexity index is 1210. The van der Waals surface area contributed by atoms with Crippen LogP contribution < -0.4 is 5.32 Å². The summed E-state index contributed by atoms with van der Waals surface area (Å²) in [5.41, 5.74) is 2.96. The molecule has 0 bridgehead atoms. The van der Waals surface area contributed by atoms with E-state index in [0.29, 0.717) is 31.3 Å². The normalized spacial score (nSPS) is 15.8. The SMILES string of the molecule is O=C(NC(c1ccccc1)c1ccccc1)N1CCCC(c2nnc(Cc3ccc(F)cc3)o2)C1. The number of rotatable bonds is 6. The second-order valence-corrected chi connectivity index (χ2v) is 8.83. The van der Waals surface area contributed by atoms with Crippen molar-refractivity contribution in [3.63, 3.8) is 0 Å². The summed E-state index contributed by atoms with van der Waals surface area (Å²) in [6.45, 7) is 1.19. The molecule has 0 saturated carbocycles. The van der Waals surface area contributed by atoms with Crippen LogP contribution >= 0.6 is 0 Å². The van der Waals surface area contributed by atoms with Gasteiger partial charge in [0.05, 0.1) is 18.4 Å². The van der Waals surface area contributed by atoms with Crippen LogP contribution in [0.15, 0.2) is 89.3 Å². The minimum absolute atomic E-state index is 0.0177. The number of amides is 2. The molecular weight excluding hydrogens is 443 g/mol. The van der Waals surface area contributed by atoms with Gasteiger partial charge in [0.15, 0.2) is 0 Å². The van der Waals surface area contributed by atoms with Gasteiger partial charge in [0.1, 0.15) is 5.82 Å². The van der Waals surface area contributed by atoms with Crippen molar-refractivity contribution in [3.8, 4) is 0 Å². The molecule has 2 heterocycles. The van der Waals surface area contributed by atoms with Gasteiger partial charge in [-0.05, 0) is 41.7 Å². The van der Waals surface area contributed by atoms with Crippen molar-refractivity contribution in [3.05, 3.63) is 119 Å². The summed E-state index contributed by atoms with van der Waals surface area (Å²) in [6.07, 6.45) is 2.18. The predicted octanol–water partition coefficient (Wildman–Crippen LogP) is 5.48. The number of aromatic nitrogens is 2. The lowest BCUT2D eigenvalue weighted by atomic mass is 9.97. The fourth-order valence-electron chi connectivity index (χ4n) is 4.51. The molecule has 1 aliphatic heterocycles. The third-order valence-electron chi connectivity index (χ3n) is 6.34. The van der Waals surface area contributed by atoms with Crippen LogP contribution in [0.25, 0.3) is 0 Å². The smallest absolute Gasteiger partial charge is 0.318 e. The summed E-state index contributed by atoms with van der Waals surface area (Å²) in [5.74, 6) is 0.738. The van der Waals surface area contributed by atoms with Crippen LogP contribution in [0.1, 0.15) is 53.3 Å². The summed E-state index contributed by atoms with van der Waals surface area (Å²) in [5, 5.41) is 11.7. The van der Waals surface area contributed by atoms with Gasteiger partial charge in [-0.1, -0.05) is 72.8 Å². The number of carbonyl (C=O) groups is 1. The van der Waals surface area contributed by atoms with Crippen LogP contribution in [0.2, 0.25) is 0 Å². The van der Waals surface area contributed by atoms with E-state index in [0.717, 1.165) is 29.5 Å². The van der Waals surface area contributed by atoms with E-state index in [-0.39, 0.29) is 23.8 Å². The summed E-state index contributed by atoms with van der Waals surface area (Å²) in [4.78, 5) is 15.2. The van der Waals surface area contributed by atoms with E-state index in [1.807, 2.05) is 65.6 Å². The molecule has 5 rings (SSSR count). The van der Waals surface area contributed by atoms with Gasteiger partial charge in [-0.25, -0.2) is 9.18 Å². The van der Waals surface area contributed by atoms with Crippen molar-refractivity contribution in [2.45, 2.75) is 31.2 Å². The largest absolute Gasteiger partial charge is 0.425 e. The lowest BCUT2D eigenvalue weighted by Crippen LogP contribution is -2.46. The molecule has 7 heteroatoms. The Morgan fingerprint density at radius 3 is 2.29 bits per heavy atom. The first-order chi connectivity index (χ1) is 17.2. The highest BCUT2D eigenvalue weighted by Gasteiger charge is 2.30. The maximum absolute atomic E-state index is 13.3. The Kier molecular flexibility index (Phi) is 6.84. The van der Waals surface area contributed by atoms with E-state index in [4.69, 9.17) is 4.42 Å². The highest BCUT2D eigenvalue weighted by Crippen LogP contribution is 2.28. The Morgan fingerprint density at radius 1 is 0.971 bits per heavy atom. The van der Waals surface area contributed by atoms with Crippen LogP contribution in [-0.2, 0) is 6.42 Å². The molecule has 4 aromatic rings. The summed E-state index contributed by atoms with van der Waals surface area (Å²) >= 11 is 0. The first-order valence-corrected chi connectivity index (χ1v) is 11.9. The van der Waals surface area contributed by atoms with Crippen molar-refractivity contribution >= 4 is 6.03 Å². The van der Waals surface area contributed by atoms with E-state index in [9.17, 15) is 9.18 Å². The fourth-order valence-corrected chi connectivity index (χ4v) is 4.51. The number of nitrogens with one attached hydrogen (secondary N) is 1. The monoisotopic (exact) mass is 470 g/mol. The Balaban J connectivity index is 1.26. The minimum Gasteiger partial charge on any atom is -0.425 e. The number of hydrogen-bond donors (Lipinski definition) is 1. The standard InChI is InChI=1S/C28H27FN4O2/c29-24-15-13-20(14-16-24)18-25-31-32-27(35-25)23-12-7-17-33(19-23)28(34)30-26(21-8-3-1-4-9-21)22-10-5-2-6-11-22/h1-6,8-11,13-16,23,26H,7,12,17-19H2,(H,30,34). The minimum atomic E-state index is -0.276. The molecule has 1 saturated heterocycles. The molecule has 1 atom stereocenters. The fraction of sp³-hybridized carbons (Fsp3) is 0.250. The van der Waals surface area contributed by atoms with Crippen LogP contribution in [0.4, 0.5) is 9.18 Å². The molecule has 0 radical (unpaired) electrons. The second kappa shape index (κ2) is 10.5. The number of nitrogens with zero attached hydrogens (tertiary/aromatic N) is 3. The van der Waals surface area contributed by atoms with E-state index in [1.165, 1.54) is 12.1 Å². The quantitative estimate of drug-likeness (QED) is 0.405. The number of benzene rings is 3. The molecule has 3 aromatic carbocycles. The number of carbonyl (C=O) groups excluding carboxylic acids is 1. The van der Waals surface area contributed by atoms with Gasteiger partial charge in [0.25, 0.3) is 0 Å². The lowest BCUT2D eigenvalue weighted by molar-refractivity contribution is 0.172. The Morgan fingerprint density at radius 2 is 1.63 bits per heavy atom. The van der Waals surface area contributed by atoms with Gasteiger partial charge in [-0.3, -0.25) is 0 Å². The molecule has 1 aromatic heterocycles. The van der Waals surface area contributed by atoms with Crippen LogP contribution in [0.3, 0.4) is 0 Å². The average molecular weight is 471 g/mol. The van der Waals surface area contributed by atoms with Gasteiger partial charge in [0.2, 0.25) is 11.8 Å². The Hall–Kier alpha value is -4.00. The van der Waals surface area contributed by atoms with Gasteiger partial charge < -0.3 is 14.6 Å². The zero-order valence-electron chi connectivity index (χ0n) is 19.3. The first kappa shape index (κ1) is 22.8. The number of urea groups is 1. The molecule has 178 valence electrons. The van der Waals surface area contributed by atoms with Gasteiger partial charge in [0, 0.05) is 13.1 Å². The van der Waals surface area contributed by atoms with Gasteiger partial charge in [-0.2, -0.15) is 0 Å². The van der Waals surface area contributed by atoms with Crippen molar-refractivity contribution < 1.29 is 13.6 Å². The second-order valence-electron chi connectivity index (χ2n) is 8.83. The van der Waals surface area contributed by atoms with E-state index >= 15 is 0 Å². The molecular formula is C28H27FN4O2. The number of piperidine rings is 1. The first-order valence-electron chi connectivity index (χ1n) is 11.9. The van der Waals surface area contributed by atoms with Crippen LogP contribution in [0.5, 0.6) is 0 Å². The molecule has 6 nitrogen and oxygen atoms in total. The molecule has 1 unspecified atom stereocenters. The zero-order chi connectivity index (χ0) is 24.0. The summed E-state index contributed by atoms with van der Waals surface area (Å²) < 4.78 is 19.1. The van der Waals surface area contributed by atoms with Crippen LogP contribution in [0, 0.1) is 5.82 Å². The lowest BCUT2D eigenvalue weighted by Gasteiger charge is -2.33. The number of likely N-dealkylation sites (tertiary alicyclic amines) is 1. The molecule has 35 heavy (non-hydrogen) atoms. The van der Waals surface area contributed by atoms with E-state index in [2.05, 4.69) is 15.5 Å². The molecule has 1 N–H and O–H groups in total. The van der Waals surface area contributed by atoms with Crippen molar-refractivity contribution in [1.82, 2.24) is 20.4 Å². The van der Waals surface area contributed by atoms with Crippen molar-refractivity contribution in [1.29, 1.82) is 0 Å². The molecule has 0 spiro atoms. The van der Waals surface area contributed by atoms with Crippen molar-refractivity contribution in [2.24, 2.45) is 0 Å². The van der Waals surface area contributed by atoms with Crippen LogP contribution in [-0.4, -0.2) is 34.2 Å². The topological polar surface area (TPSA) is 71.3 Å². The average Bonchev–Trinajstić information content (AvgIpc) is 3.38. The van der Waals surface area contributed by atoms with E-state index < -0.39 is 0 Å². The van der Waals surface area contributed by atoms with Gasteiger partial charge >= 0.3 is 6.03 Å². The maximum Gasteiger partial charge on any atom is 0.318 e. The maximum atomic E-state index is 13.3. The number of hydrogen-bond acceptors (Lipinski definition) is 4. The molecule has 2 amide bonds. The highest BCUT2D eigenvalue weighted by molar-refractivity contribution is 5.75. The zero-order valence-corrected chi connectivity index (χ0v) is 19.3. The number of halogens is 1. The highest BCUT2D eigenvalue weighted by atomic mass is 19.1.